The molecule has 0 saturated heterocycles. The lowest BCUT2D eigenvalue weighted by atomic mass is 9.85. The van der Waals surface area contributed by atoms with E-state index >= 15 is 0 Å². The van der Waals surface area contributed by atoms with Gasteiger partial charge in [0.15, 0.2) is 0 Å². The summed E-state index contributed by atoms with van der Waals surface area (Å²) in [4.78, 5) is 0. The Hall–Kier alpha value is -0.120. The van der Waals surface area contributed by atoms with Gasteiger partial charge in [0.05, 0.1) is 13.2 Å². The maximum atomic E-state index is 9.63. The van der Waals surface area contributed by atoms with Gasteiger partial charge in [-0.3, -0.25) is 0 Å². The summed E-state index contributed by atoms with van der Waals surface area (Å²) in [5.74, 6) is 2.14. The third-order valence-electron chi connectivity index (χ3n) is 11.0. The Bertz CT molecular complexity index is 554. The van der Waals surface area contributed by atoms with E-state index in [1.165, 1.54) is 205 Å². The topological polar surface area (TPSA) is 38.7 Å². The molecule has 2 aliphatic carbocycles. The van der Waals surface area contributed by atoms with E-state index in [9.17, 15) is 5.11 Å². The third kappa shape index (κ3) is 25.0. The average Bonchev–Trinajstić information content (AvgIpc) is 3.06. The van der Waals surface area contributed by atoms with Crippen LogP contribution in [0, 0.1) is 11.8 Å². The first-order valence-electron chi connectivity index (χ1n) is 20.7. The smallest absolute Gasteiger partial charge is 0.104 e. The van der Waals surface area contributed by atoms with Crippen LogP contribution in [0.3, 0.4) is 0 Å². The van der Waals surface area contributed by atoms with Crippen LogP contribution in [0.15, 0.2) is 0 Å². The normalized spacial score (nSPS) is 17.4. The maximum absolute atomic E-state index is 9.63. The maximum Gasteiger partial charge on any atom is 0.104 e. The highest BCUT2D eigenvalue weighted by molar-refractivity contribution is 4.67. The second kappa shape index (κ2) is 31.5. The van der Waals surface area contributed by atoms with Gasteiger partial charge in [-0.05, 0) is 24.7 Å². The van der Waals surface area contributed by atoms with Gasteiger partial charge in [0, 0.05) is 13.2 Å². The molecule has 0 aromatic carbocycles. The van der Waals surface area contributed by atoms with E-state index in [2.05, 4.69) is 0 Å². The summed E-state index contributed by atoms with van der Waals surface area (Å²) in [6, 6.07) is 0. The Labute approximate surface area is 276 Å². The van der Waals surface area contributed by atoms with E-state index in [1.807, 2.05) is 0 Å². The highest BCUT2D eigenvalue weighted by atomic mass is 16.5. The summed E-state index contributed by atoms with van der Waals surface area (Å²) in [6.07, 6.45) is 48.3. The van der Waals surface area contributed by atoms with Gasteiger partial charge in [-0.25, -0.2) is 0 Å². The molecule has 1 N–H and O–H groups in total. The number of hydrogen-bond acceptors (Lipinski definition) is 3. The lowest BCUT2D eigenvalue weighted by Crippen LogP contribution is -2.24. The van der Waals surface area contributed by atoms with Gasteiger partial charge in [0.1, 0.15) is 6.10 Å². The molecule has 0 aromatic heterocycles. The van der Waals surface area contributed by atoms with Crippen molar-refractivity contribution in [3.63, 3.8) is 0 Å². The minimum Gasteiger partial charge on any atom is -0.394 e. The standard InChI is InChI=1S/C41H80O3/c42-37-41(44-36-28-18-14-10-6-2-4-8-12-16-22-30-40-33-25-20-26-34-40)38-43-35-27-17-13-9-5-1-3-7-11-15-21-29-39-31-23-19-24-32-39/h39-42H,1-38H2. The molecule has 0 spiro atoms. The quantitative estimate of drug-likeness (QED) is 0.0760. The number of unbranched alkanes of at least 4 members (excludes halogenated alkanes) is 20. The van der Waals surface area contributed by atoms with Crippen LogP contribution in [0.25, 0.3) is 0 Å². The average molecular weight is 621 g/mol. The van der Waals surface area contributed by atoms with Crippen LogP contribution in [0.5, 0.6) is 0 Å². The molecule has 262 valence electrons. The van der Waals surface area contributed by atoms with Crippen molar-refractivity contribution in [3.8, 4) is 0 Å². The van der Waals surface area contributed by atoms with Gasteiger partial charge in [-0.15, -0.1) is 0 Å². The van der Waals surface area contributed by atoms with Crippen LogP contribution in [0.1, 0.15) is 218 Å². The van der Waals surface area contributed by atoms with Gasteiger partial charge >= 0.3 is 0 Å². The first-order valence-corrected chi connectivity index (χ1v) is 20.7. The largest absolute Gasteiger partial charge is 0.394 e. The van der Waals surface area contributed by atoms with E-state index in [-0.39, 0.29) is 12.7 Å². The van der Waals surface area contributed by atoms with E-state index < -0.39 is 0 Å². The van der Waals surface area contributed by atoms with Crippen LogP contribution in [-0.4, -0.2) is 37.6 Å². The van der Waals surface area contributed by atoms with Crippen LogP contribution in [-0.2, 0) is 9.47 Å². The van der Waals surface area contributed by atoms with Crippen molar-refractivity contribution in [2.45, 2.75) is 224 Å². The molecule has 2 rings (SSSR count). The fraction of sp³-hybridized carbons (Fsp3) is 1.00. The minimum atomic E-state index is -0.148. The van der Waals surface area contributed by atoms with Crippen molar-refractivity contribution < 1.29 is 14.6 Å². The molecule has 2 aliphatic rings. The van der Waals surface area contributed by atoms with Crippen LogP contribution in [0.2, 0.25) is 0 Å². The molecule has 3 nitrogen and oxygen atoms in total. The fourth-order valence-corrected chi connectivity index (χ4v) is 7.92. The first-order chi connectivity index (χ1) is 21.9. The second-order valence-electron chi connectivity index (χ2n) is 15.1. The highest BCUT2D eigenvalue weighted by Gasteiger charge is 2.13. The van der Waals surface area contributed by atoms with Crippen molar-refractivity contribution in [1.29, 1.82) is 0 Å². The van der Waals surface area contributed by atoms with E-state index in [4.69, 9.17) is 9.47 Å². The Morgan fingerprint density at radius 1 is 0.409 bits per heavy atom. The van der Waals surface area contributed by atoms with Crippen LogP contribution >= 0.6 is 0 Å². The zero-order valence-corrected chi connectivity index (χ0v) is 29.9. The summed E-state index contributed by atoms with van der Waals surface area (Å²) in [5, 5.41) is 9.63. The van der Waals surface area contributed by atoms with Gasteiger partial charge in [0.2, 0.25) is 0 Å². The van der Waals surface area contributed by atoms with E-state index in [0.29, 0.717) is 6.61 Å². The summed E-state index contributed by atoms with van der Waals surface area (Å²) < 4.78 is 11.7. The number of aliphatic hydroxyl groups is 1. The molecule has 2 saturated carbocycles. The van der Waals surface area contributed by atoms with Crippen molar-refractivity contribution in [3.05, 3.63) is 0 Å². The fourth-order valence-electron chi connectivity index (χ4n) is 7.92. The lowest BCUT2D eigenvalue weighted by molar-refractivity contribution is -0.0437. The molecule has 0 radical (unpaired) electrons. The molecule has 0 aromatic rings. The predicted molar refractivity (Wildman–Crippen MR) is 192 cm³/mol. The summed E-state index contributed by atoms with van der Waals surface area (Å²) in [6.45, 7) is 2.18. The lowest BCUT2D eigenvalue weighted by Gasteiger charge is -2.21. The van der Waals surface area contributed by atoms with E-state index in [0.717, 1.165) is 37.9 Å². The summed E-state index contributed by atoms with van der Waals surface area (Å²) in [7, 11) is 0. The van der Waals surface area contributed by atoms with Gasteiger partial charge < -0.3 is 14.6 Å². The molecule has 0 bridgehead atoms. The molecular weight excluding hydrogens is 540 g/mol. The molecule has 44 heavy (non-hydrogen) atoms. The van der Waals surface area contributed by atoms with E-state index in [1.54, 1.807) is 0 Å². The summed E-state index contributed by atoms with van der Waals surface area (Å²) >= 11 is 0. The van der Waals surface area contributed by atoms with Crippen LogP contribution in [0.4, 0.5) is 0 Å². The summed E-state index contributed by atoms with van der Waals surface area (Å²) in [5.41, 5.74) is 0. The Kier molecular flexibility index (Phi) is 28.7. The van der Waals surface area contributed by atoms with Crippen molar-refractivity contribution in [1.82, 2.24) is 0 Å². The zero-order valence-electron chi connectivity index (χ0n) is 29.9. The third-order valence-corrected chi connectivity index (χ3v) is 11.0. The second-order valence-corrected chi connectivity index (χ2v) is 15.1. The first kappa shape index (κ1) is 40.1. The molecule has 1 atom stereocenters. The SMILES string of the molecule is OCC(COCCCCCCCCCCCCCC1CCCCC1)OCCCCCCCCCCCCCC1CCCCC1. The van der Waals surface area contributed by atoms with Crippen molar-refractivity contribution in [2.24, 2.45) is 11.8 Å². The Morgan fingerprint density at radius 2 is 0.750 bits per heavy atom. The van der Waals surface area contributed by atoms with Gasteiger partial charge in [-0.2, -0.15) is 0 Å². The number of hydrogen-bond donors (Lipinski definition) is 1. The minimum absolute atomic E-state index is 0.0705. The van der Waals surface area contributed by atoms with Gasteiger partial charge in [0.25, 0.3) is 0 Å². The molecule has 0 aliphatic heterocycles. The highest BCUT2D eigenvalue weighted by Crippen LogP contribution is 2.29. The number of ether oxygens (including phenoxy) is 2. The zero-order chi connectivity index (χ0) is 31.0. The number of rotatable bonds is 32. The molecule has 2 fully saturated rings. The van der Waals surface area contributed by atoms with Crippen molar-refractivity contribution >= 4 is 0 Å². The number of aliphatic hydroxyl groups excluding tert-OH is 1. The molecular formula is C41H80O3. The molecule has 1 unspecified atom stereocenters. The van der Waals surface area contributed by atoms with Gasteiger partial charge in [-0.1, -0.05) is 205 Å². The molecule has 3 heteroatoms. The van der Waals surface area contributed by atoms with Crippen LogP contribution < -0.4 is 0 Å². The Morgan fingerprint density at radius 3 is 1.14 bits per heavy atom. The Balaban J connectivity index is 1.20. The molecule has 0 amide bonds. The monoisotopic (exact) mass is 621 g/mol. The predicted octanol–water partition coefficient (Wildman–Crippen LogP) is 12.9. The van der Waals surface area contributed by atoms with Crippen molar-refractivity contribution in [2.75, 3.05) is 26.4 Å². The molecule has 0 heterocycles.